The standard InChI is InChI=1S/C30H37F2N5O2/c1-5-29(3,4)22-10-12-30(13-11-22)36-26(21-14-23(31)16-24(32)15-21)28(39)37(30)18(2)19-6-8-20(9-7-19)27(38)35-17-25(33)34/h6-9,14-16,18,22H,5,10-13,17H2,1-4H3,(H3,33,34)(H,35,38). The second-order valence-corrected chi connectivity index (χ2v) is 11.4. The molecule has 1 atom stereocenters. The Morgan fingerprint density at radius 3 is 2.31 bits per heavy atom. The number of aliphatic imine (C=N–C) groups is 1. The number of rotatable bonds is 8. The number of nitrogens with two attached hydrogens (primary N) is 1. The molecule has 0 aromatic heterocycles. The molecular formula is C30H37F2N5O2. The van der Waals surface area contributed by atoms with Gasteiger partial charge >= 0.3 is 0 Å². The fourth-order valence-electron chi connectivity index (χ4n) is 5.87. The predicted octanol–water partition coefficient (Wildman–Crippen LogP) is 5.35. The second kappa shape index (κ2) is 10.9. The summed E-state index contributed by atoms with van der Waals surface area (Å²) in [6.45, 7) is 8.61. The van der Waals surface area contributed by atoms with Crippen LogP contribution >= 0.6 is 0 Å². The summed E-state index contributed by atoms with van der Waals surface area (Å²) in [7, 11) is 0. The maximum absolute atomic E-state index is 14.1. The van der Waals surface area contributed by atoms with Crippen LogP contribution in [0.5, 0.6) is 0 Å². The summed E-state index contributed by atoms with van der Waals surface area (Å²) in [6.07, 6.45) is 4.14. The third-order valence-corrected chi connectivity index (χ3v) is 8.61. The number of carbonyl (C=O) groups excluding carboxylic acids is 2. The first-order chi connectivity index (χ1) is 18.4. The van der Waals surface area contributed by atoms with Crippen LogP contribution in [-0.2, 0) is 4.79 Å². The van der Waals surface area contributed by atoms with Crippen molar-refractivity contribution in [2.24, 2.45) is 22.1 Å². The summed E-state index contributed by atoms with van der Waals surface area (Å²) in [6, 6.07) is 9.61. The summed E-state index contributed by atoms with van der Waals surface area (Å²) >= 11 is 0. The van der Waals surface area contributed by atoms with Gasteiger partial charge in [0.2, 0.25) is 0 Å². The van der Waals surface area contributed by atoms with Crippen LogP contribution in [0.3, 0.4) is 0 Å². The van der Waals surface area contributed by atoms with Gasteiger partial charge in [0.15, 0.2) is 0 Å². The van der Waals surface area contributed by atoms with Gasteiger partial charge in [-0.1, -0.05) is 39.3 Å². The Bertz CT molecular complexity index is 1280. The van der Waals surface area contributed by atoms with Crippen LogP contribution in [0.4, 0.5) is 8.78 Å². The number of nitrogens with one attached hydrogen (secondary N) is 2. The summed E-state index contributed by atoms with van der Waals surface area (Å²) in [4.78, 5) is 33.0. The molecule has 2 aliphatic rings. The van der Waals surface area contributed by atoms with E-state index in [2.05, 4.69) is 26.1 Å². The van der Waals surface area contributed by atoms with E-state index in [4.69, 9.17) is 16.1 Å². The number of amides is 2. The number of halogens is 2. The quantitative estimate of drug-likeness (QED) is 0.312. The molecule has 9 heteroatoms. The van der Waals surface area contributed by atoms with Crippen LogP contribution in [0.2, 0.25) is 0 Å². The summed E-state index contributed by atoms with van der Waals surface area (Å²) < 4.78 is 28.2. The molecule has 1 heterocycles. The zero-order valence-electron chi connectivity index (χ0n) is 23.0. The molecule has 2 aromatic carbocycles. The van der Waals surface area contributed by atoms with Crippen LogP contribution in [0.15, 0.2) is 47.5 Å². The fraction of sp³-hybridized carbons (Fsp3) is 0.467. The lowest BCUT2D eigenvalue weighted by atomic mass is 9.67. The normalized spacial score (nSPS) is 22.1. The Hall–Kier alpha value is -3.62. The number of benzene rings is 2. The fourth-order valence-corrected chi connectivity index (χ4v) is 5.87. The number of amidine groups is 1. The Morgan fingerprint density at radius 2 is 1.77 bits per heavy atom. The Morgan fingerprint density at radius 1 is 1.18 bits per heavy atom. The number of carbonyl (C=O) groups is 2. The van der Waals surface area contributed by atoms with Gasteiger partial charge in [-0.05, 0) is 73.8 Å². The Balaban J connectivity index is 1.66. The third-order valence-electron chi connectivity index (χ3n) is 8.61. The molecule has 7 nitrogen and oxygen atoms in total. The van der Waals surface area contributed by atoms with Crippen molar-refractivity contribution in [1.29, 1.82) is 5.41 Å². The van der Waals surface area contributed by atoms with Crippen molar-refractivity contribution in [3.8, 4) is 0 Å². The lowest BCUT2D eigenvalue weighted by Gasteiger charge is -2.47. The van der Waals surface area contributed by atoms with Crippen LogP contribution < -0.4 is 11.1 Å². The van der Waals surface area contributed by atoms with Gasteiger partial charge < -0.3 is 16.0 Å². The van der Waals surface area contributed by atoms with Crippen molar-refractivity contribution in [1.82, 2.24) is 10.2 Å². The molecule has 0 saturated heterocycles. The SMILES string of the molecule is CCC(C)(C)C1CCC2(CC1)N=C(c1cc(F)cc(F)c1)C(=O)N2C(C)c1ccc(C(=O)NCC(=N)N)cc1. The Kier molecular flexibility index (Phi) is 7.91. The van der Waals surface area contributed by atoms with Gasteiger partial charge in [0, 0.05) is 17.2 Å². The Labute approximate surface area is 228 Å². The van der Waals surface area contributed by atoms with E-state index in [9.17, 15) is 18.4 Å². The summed E-state index contributed by atoms with van der Waals surface area (Å²) in [5, 5.41) is 9.86. The molecule has 2 amide bonds. The van der Waals surface area contributed by atoms with Gasteiger partial charge in [0.25, 0.3) is 11.8 Å². The topological polar surface area (TPSA) is 112 Å². The van der Waals surface area contributed by atoms with Gasteiger partial charge in [-0.2, -0.15) is 0 Å². The highest BCUT2D eigenvalue weighted by Gasteiger charge is 2.52. The first-order valence-electron chi connectivity index (χ1n) is 13.5. The van der Waals surface area contributed by atoms with Crippen molar-refractivity contribution in [2.45, 2.75) is 71.5 Å². The zero-order valence-corrected chi connectivity index (χ0v) is 23.0. The smallest absolute Gasteiger partial charge is 0.275 e. The molecule has 1 saturated carbocycles. The molecule has 1 aliphatic carbocycles. The lowest BCUT2D eigenvalue weighted by Crippen LogP contribution is -2.51. The molecule has 1 spiro atoms. The lowest BCUT2D eigenvalue weighted by molar-refractivity contribution is -0.133. The van der Waals surface area contributed by atoms with Crippen LogP contribution in [0.25, 0.3) is 0 Å². The van der Waals surface area contributed by atoms with E-state index in [0.29, 0.717) is 24.3 Å². The monoisotopic (exact) mass is 537 g/mol. The average Bonchev–Trinajstić information content (AvgIpc) is 3.17. The van der Waals surface area contributed by atoms with Crippen molar-refractivity contribution in [3.63, 3.8) is 0 Å². The van der Waals surface area contributed by atoms with Crippen LogP contribution in [0, 0.1) is 28.4 Å². The maximum Gasteiger partial charge on any atom is 0.275 e. The van der Waals surface area contributed by atoms with Crippen molar-refractivity contribution in [2.75, 3.05) is 6.54 Å². The van der Waals surface area contributed by atoms with E-state index in [1.54, 1.807) is 29.2 Å². The van der Waals surface area contributed by atoms with E-state index in [1.807, 2.05) is 6.92 Å². The van der Waals surface area contributed by atoms with Crippen LogP contribution in [-0.4, -0.2) is 40.5 Å². The minimum atomic E-state index is -0.813. The molecule has 1 unspecified atom stereocenters. The minimum absolute atomic E-state index is 0.0432. The van der Waals surface area contributed by atoms with Crippen molar-refractivity contribution >= 4 is 23.4 Å². The number of hydrogen-bond donors (Lipinski definition) is 3. The van der Waals surface area contributed by atoms with Gasteiger partial charge in [-0.3, -0.25) is 20.0 Å². The molecule has 4 N–H and O–H groups in total. The minimum Gasteiger partial charge on any atom is -0.386 e. The molecule has 4 rings (SSSR count). The highest BCUT2D eigenvalue weighted by Crippen LogP contribution is 2.50. The van der Waals surface area contributed by atoms with Crippen molar-refractivity contribution < 1.29 is 18.4 Å². The largest absolute Gasteiger partial charge is 0.386 e. The summed E-state index contributed by atoms with van der Waals surface area (Å²) in [5.74, 6) is -1.88. The zero-order chi connectivity index (χ0) is 28.5. The van der Waals surface area contributed by atoms with Crippen molar-refractivity contribution in [3.05, 3.63) is 70.8 Å². The molecular weight excluding hydrogens is 500 g/mol. The van der Waals surface area contributed by atoms with E-state index in [1.165, 1.54) is 0 Å². The molecule has 1 aliphatic heterocycles. The average molecular weight is 538 g/mol. The predicted molar refractivity (Wildman–Crippen MR) is 148 cm³/mol. The second-order valence-electron chi connectivity index (χ2n) is 11.4. The van der Waals surface area contributed by atoms with E-state index in [-0.39, 0.29) is 40.9 Å². The van der Waals surface area contributed by atoms with Crippen LogP contribution in [0.1, 0.15) is 87.3 Å². The molecule has 2 aromatic rings. The van der Waals surface area contributed by atoms with Gasteiger partial charge in [-0.25, -0.2) is 8.78 Å². The van der Waals surface area contributed by atoms with Gasteiger partial charge in [0.1, 0.15) is 28.8 Å². The third kappa shape index (κ3) is 5.72. The van der Waals surface area contributed by atoms with E-state index >= 15 is 0 Å². The highest BCUT2D eigenvalue weighted by molar-refractivity contribution is 6.46. The molecule has 1 fully saturated rings. The number of nitrogens with zero attached hydrogens (tertiary/aromatic N) is 2. The van der Waals surface area contributed by atoms with E-state index < -0.39 is 23.3 Å². The van der Waals surface area contributed by atoms with Gasteiger partial charge in [0.05, 0.1) is 12.6 Å². The maximum atomic E-state index is 14.1. The highest BCUT2D eigenvalue weighted by atomic mass is 19.1. The first-order valence-corrected chi connectivity index (χ1v) is 13.5. The molecule has 0 bridgehead atoms. The summed E-state index contributed by atoms with van der Waals surface area (Å²) in [5.41, 5.74) is 6.11. The molecule has 0 radical (unpaired) electrons. The van der Waals surface area contributed by atoms with Gasteiger partial charge in [-0.15, -0.1) is 0 Å². The molecule has 208 valence electrons. The number of hydrogen-bond acceptors (Lipinski definition) is 4. The molecule has 39 heavy (non-hydrogen) atoms. The first kappa shape index (κ1) is 28.4. The van der Waals surface area contributed by atoms with E-state index in [0.717, 1.165) is 43.0 Å².